The highest BCUT2D eigenvalue weighted by atomic mass is 32.2. The molecule has 1 heterocycles. The monoisotopic (exact) mass is 312 g/mol. The quantitative estimate of drug-likeness (QED) is 0.694. The fraction of sp³-hybridized carbons (Fsp3) is 0.167. The second-order valence-electron chi connectivity index (χ2n) is 4.92. The molecule has 0 amide bonds. The molecule has 1 aliphatic heterocycles. The molecule has 0 bridgehead atoms. The average Bonchev–Trinajstić information content (AvgIpc) is 2.55. The molecule has 0 aliphatic carbocycles. The molecule has 1 N–H and O–H groups in total. The van der Waals surface area contributed by atoms with Gasteiger partial charge in [-0.2, -0.15) is 0 Å². The van der Waals surface area contributed by atoms with Gasteiger partial charge in [0.15, 0.2) is 4.90 Å². The van der Waals surface area contributed by atoms with Crippen molar-refractivity contribution in [3.8, 4) is 0 Å². The highest BCUT2D eigenvalue weighted by Gasteiger charge is 2.40. The van der Waals surface area contributed by atoms with Crippen LogP contribution in [0.1, 0.15) is 12.5 Å². The number of rotatable bonds is 3. The fourth-order valence-electron chi connectivity index (χ4n) is 2.52. The Labute approximate surface area is 133 Å². The molecular formula is C18H18NO2S+. The maximum atomic E-state index is 12.5. The van der Waals surface area contributed by atoms with E-state index in [0.29, 0.717) is 11.5 Å². The number of para-hydroxylation sites is 1. The van der Waals surface area contributed by atoms with Gasteiger partial charge in [-0.1, -0.05) is 42.5 Å². The van der Waals surface area contributed by atoms with E-state index in [4.69, 9.17) is 4.74 Å². The normalized spacial score (nSPS) is 16.7. The van der Waals surface area contributed by atoms with Crippen molar-refractivity contribution >= 4 is 28.2 Å². The predicted octanol–water partition coefficient (Wildman–Crippen LogP) is 3.65. The number of ether oxygens (including phenoxy) is 1. The number of nitrogens with one attached hydrogen (secondary N) is 1. The van der Waals surface area contributed by atoms with Gasteiger partial charge >= 0.3 is 5.97 Å². The lowest BCUT2D eigenvalue weighted by Gasteiger charge is -2.21. The molecule has 22 heavy (non-hydrogen) atoms. The SMILES string of the molecule is CCOC(=O)C1=C(c2ccccc2)Nc2ccccc2[S+]1C. The smallest absolute Gasteiger partial charge is 0.389 e. The number of esters is 1. The summed E-state index contributed by atoms with van der Waals surface area (Å²) >= 11 is 0. The molecule has 0 spiro atoms. The van der Waals surface area contributed by atoms with Crippen LogP contribution in [0.3, 0.4) is 0 Å². The Morgan fingerprint density at radius 1 is 1.09 bits per heavy atom. The first-order valence-corrected chi connectivity index (χ1v) is 8.84. The van der Waals surface area contributed by atoms with Gasteiger partial charge in [-0.15, -0.1) is 0 Å². The van der Waals surface area contributed by atoms with Crippen LogP contribution in [0.2, 0.25) is 0 Å². The Morgan fingerprint density at radius 3 is 2.50 bits per heavy atom. The van der Waals surface area contributed by atoms with E-state index in [1.54, 1.807) is 0 Å². The zero-order chi connectivity index (χ0) is 15.5. The number of carbonyl (C=O) groups is 1. The first-order chi connectivity index (χ1) is 10.7. The largest absolute Gasteiger partial charge is 0.459 e. The third kappa shape index (κ3) is 2.62. The first-order valence-electron chi connectivity index (χ1n) is 7.21. The van der Waals surface area contributed by atoms with Crippen molar-refractivity contribution in [1.82, 2.24) is 0 Å². The van der Waals surface area contributed by atoms with Crippen molar-refractivity contribution < 1.29 is 9.53 Å². The molecule has 112 valence electrons. The van der Waals surface area contributed by atoms with Gasteiger partial charge in [0.2, 0.25) is 0 Å². The number of fused-ring (bicyclic) bond motifs is 1. The Balaban J connectivity index is 2.15. The van der Waals surface area contributed by atoms with Gasteiger partial charge in [0.05, 0.1) is 23.2 Å². The minimum Gasteiger partial charge on any atom is -0.459 e. The summed E-state index contributed by atoms with van der Waals surface area (Å²) in [5.74, 6) is -0.241. The summed E-state index contributed by atoms with van der Waals surface area (Å²) in [5.41, 5.74) is 2.91. The van der Waals surface area contributed by atoms with Gasteiger partial charge in [0.1, 0.15) is 12.0 Å². The number of anilines is 1. The minimum atomic E-state index is -0.322. The van der Waals surface area contributed by atoms with Crippen LogP contribution in [-0.2, 0) is 20.4 Å². The van der Waals surface area contributed by atoms with E-state index in [1.807, 2.05) is 55.5 Å². The van der Waals surface area contributed by atoms with Crippen molar-refractivity contribution in [3.63, 3.8) is 0 Å². The lowest BCUT2D eigenvalue weighted by Crippen LogP contribution is -2.24. The summed E-state index contributed by atoms with van der Waals surface area (Å²) in [6, 6.07) is 18.0. The first kappa shape index (κ1) is 14.7. The number of benzene rings is 2. The van der Waals surface area contributed by atoms with Gasteiger partial charge in [-0.05, 0) is 19.1 Å². The molecule has 1 unspecified atom stereocenters. The predicted molar refractivity (Wildman–Crippen MR) is 91.6 cm³/mol. The Kier molecular flexibility index (Phi) is 4.20. The van der Waals surface area contributed by atoms with Crippen LogP contribution in [0.25, 0.3) is 5.70 Å². The molecule has 1 atom stereocenters. The molecule has 1 aliphatic rings. The van der Waals surface area contributed by atoms with E-state index < -0.39 is 0 Å². The van der Waals surface area contributed by atoms with Gasteiger partial charge in [0.25, 0.3) is 4.91 Å². The summed E-state index contributed by atoms with van der Waals surface area (Å²) < 4.78 is 5.29. The summed E-state index contributed by atoms with van der Waals surface area (Å²) in [4.78, 5) is 14.3. The summed E-state index contributed by atoms with van der Waals surface area (Å²) in [6.45, 7) is 2.21. The molecule has 3 rings (SSSR count). The molecular weight excluding hydrogens is 294 g/mol. The molecule has 0 saturated carbocycles. The maximum Gasteiger partial charge on any atom is 0.389 e. The Hall–Kier alpha value is -2.20. The maximum absolute atomic E-state index is 12.5. The standard InChI is InChI=1S/C18H17NO2S/c1-3-21-18(20)17-16(13-9-5-4-6-10-13)19-14-11-7-8-12-15(14)22(17)2/h4-12H,3H2,1-2H3/p+1. The molecule has 0 saturated heterocycles. The number of carbonyl (C=O) groups excluding carboxylic acids is 1. The van der Waals surface area contributed by atoms with E-state index in [1.165, 1.54) is 0 Å². The lowest BCUT2D eigenvalue weighted by atomic mass is 10.1. The summed E-state index contributed by atoms with van der Waals surface area (Å²) in [5, 5.41) is 3.42. The highest BCUT2D eigenvalue weighted by Crippen LogP contribution is 2.38. The molecule has 0 fully saturated rings. The third-order valence-electron chi connectivity index (χ3n) is 3.53. The van der Waals surface area contributed by atoms with E-state index >= 15 is 0 Å². The van der Waals surface area contributed by atoms with Gasteiger partial charge < -0.3 is 10.1 Å². The lowest BCUT2D eigenvalue weighted by molar-refractivity contribution is -0.137. The molecule has 2 aromatic rings. The highest BCUT2D eigenvalue weighted by molar-refractivity contribution is 8.01. The van der Waals surface area contributed by atoms with Crippen LogP contribution in [0.15, 0.2) is 64.4 Å². The van der Waals surface area contributed by atoms with Crippen LogP contribution in [0.5, 0.6) is 0 Å². The van der Waals surface area contributed by atoms with E-state index in [9.17, 15) is 4.79 Å². The van der Waals surface area contributed by atoms with Crippen molar-refractivity contribution in [1.29, 1.82) is 0 Å². The second kappa shape index (κ2) is 6.28. The van der Waals surface area contributed by atoms with Crippen molar-refractivity contribution in [2.75, 3.05) is 18.2 Å². The summed E-state index contributed by atoms with van der Waals surface area (Å²) in [7, 11) is -0.322. The molecule has 2 aromatic carbocycles. The third-order valence-corrected chi connectivity index (χ3v) is 5.53. The zero-order valence-electron chi connectivity index (χ0n) is 12.6. The molecule has 0 radical (unpaired) electrons. The van der Waals surface area contributed by atoms with Crippen molar-refractivity contribution in [2.45, 2.75) is 11.8 Å². The second-order valence-corrected chi connectivity index (χ2v) is 6.79. The fourth-order valence-corrected chi connectivity index (χ4v) is 4.26. The topological polar surface area (TPSA) is 38.3 Å². The van der Waals surface area contributed by atoms with Gasteiger partial charge in [-0.3, -0.25) is 0 Å². The number of hydrogen-bond donors (Lipinski definition) is 1. The van der Waals surface area contributed by atoms with E-state index in [2.05, 4.69) is 17.6 Å². The summed E-state index contributed by atoms with van der Waals surface area (Å²) in [6.07, 6.45) is 2.08. The average molecular weight is 312 g/mol. The van der Waals surface area contributed by atoms with Crippen molar-refractivity contribution in [3.05, 3.63) is 65.1 Å². The number of hydrogen-bond acceptors (Lipinski definition) is 3. The van der Waals surface area contributed by atoms with Gasteiger partial charge in [0, 0.05) is 5.56 Å². The van der Waals surface area contributed by atoms with Crippen LogP contribution < -0.4 is 5.32 Å². The van der Waals surface area contributed by atoms with Gasteiger partial charge in [-0.25, -0.2) is 4.79 Å². The van der Waals surface area contributed by atoms with Crippen LogP contribution in [-0.4, -0.2) is 18.8 Å². The Morgan fingerprint density at radius 2 is 1.77 bits per heavy atom. The van der Waals surface area contributed by atoms with Crippen LogP contribution >= 0.6 is 0 Å². The van der Waals surface area contributed by atoms with E-state index in [-0.39, 0.29) is 16.9 Å². The van der Waals surface area contributed by atoms with Crippen LogP contribution in [0.4, 0.5) is 5.69 Å². The molecule has 0 aromatic heterocycles. The van der Waals surface area contributed by atoms with Crippen molar-refractivity contribution in [2.24, 2.45) is 0 Å². The minimum absolute atomic E-state index is 0.241. The Bertz CT molecular complexity index is 725. The van der Waals surface area contributed by atoms with Crippen LogP contribution in [0, 0.1) is 0 Å². The molecule has 4 heteroatoms. The zero-order valence-corrected chi connectivity index (χ0v) is 13.4. The van der Waals surface area contributed by atoms with E-state index in [0.717, 1.165) is 21.8 Å². The molecule has 3 nitrogen and oxygen atoms in total.